The number of nitrogens with zero attached hydrogens (tertiary/aromatic N) is 1. The van der Waals surface area contributed by atoms with Gasteiger partial charge in [-0.15, -0.1) is 0 Å². The van der Waals surface area contributed by atoms with Gasteiger partial charge in [-0.3, -0.25) is 4.79 Å². The van der Waals surface area contributed by atoms with E-state index >= 15 is 0 Å². The first kappa shape index (κ1) is 33.5. The van der Waals surface area contributed by atoms with Gasteiger partial charge in [0.1, 0.15) is 5.75 Å². The van der Waals surface area contributed by atoms with Gasteiger partial charge in [-0.1, -0.05) is 69.6 Å². The first-order valence-electron chi connectivity index (χ1n) is 14.2. The zero-order valence-electron chi connectivity index (χ0n) is 23.7. The number of carboxylic acids is 1. The summed E-state index contributed by atoms with van der Waals surface area (Å²) in [6.45, 7) is 2.83. The maximum absolute atomic E-state index is 12.4. The SMILES string of the molecule is CCCCCCCCCCNc1ccc(OC(F)F)cc1.Cc1ccc(S(=O)(=O)N2CCC(C(=O)O)CC2)cc1. The Morgan fingerprint density at radius 3 is 2.02 bits per heavy atom. The Kier molecular flexibility index (Phi) is 15.0. The van der Waals surface area contributed by atoms with Crippen LogP contribution < -0.4 is 10.1 Å². The number of anilines is 1. The molecule has 0 radical (unpaired) electrons. The molecule has 0 atom stereocenters. The van der Waals surface area contributed by atoms with Crippen LogP contribution in [0.5, 0.6) is 5.75 Å². The maximum atomic E-state index is 12.4. The van der Waals surface area contributed by atoms with E-state index in [1.54, 1.807) is 48.5 Å². The van der Waals surface area contributed by atoms with Crippen LogP contribution in [0.2, 0.25) is 0 Å². The molecule has 1 aliphatic rings. The quantitative estimate of drug-likeness (QED) is 0.214. The summed E-state index contributed by atoms with van der Waals surface area (Å²) in [6, 6.07) is 13.4. The number of carboxylic acid groups (broad SMARTS) is 1. The molecule has 2 aromatic rings. The summed E-state index contributed by atoms with van der Waals surface area (Å²) in [7, 11) is -3.49. The van der Waals surface area contributed by atoms with Crippen molar-refractivity contribution in [2.75, 3.05) is 25.0 Å². The lowest BCUT2D eigenvalue weighted by molar-refractivity contribution is -0.142. The van der Waals surface area contributed by atoms with Crippen LogP contribution in [0.4, 0.5) is 14.5 Å². The van der Waals surface area contributed by atoms with E-state index in [1.807, 2.05) is 6.92 Å². The fraction of sp³-hybridized carbons (Fsp3) is 0.567. The second-order valence-corrected chi connectivity index (χ2v) is 12.1. The number of piperidine rings is 1. The highest BCUT2D eigenvalue weighted by Crippen LogP contribution is 2.24. The number of hydrogen-bond acceptors (Lipinski definition) is 5. The lowest BCUT2D eigenvalue weighted by Gasteiger charge is -2.29. The van der Waals surface area contributed by atoms with Gasteiger partial charge in [-0.2, -0.15) is 13.1 Å². The Hall–Kier alpha value is -2.72. The van der Waals surface area contributed by atoms with E-state index in [-0.39, 0.29) is 23.7 Å². The number of hydrogen-bond donors (Lipinski definition) is 2. The fourth-order valence-electron chi connectivity index (χ4n) is 4.45. The van der Waals surface area contributed by atoms with Gasteiger partial charge in [0, 0.05) is 25.3 Å². The second kappa shape index (κ2) is 17.9. The topological polar surface area (TPSA) is 95.9 Å². The summed E-state index contributed by atoms with van der Waals surface area (Å²) in [5.74, 6) is -1.07. The van der Waals surface area contributed by atoms with Crippen LogP contribution in [0, 0.1) is 12.8 Å². The van der Waals surface area contributed by atoms with Crippen molar-refractivity contribution in [2.24, 2.45) is 5.92 Å². The highest BCUT2D eigenvalue weighted by Gasteiger charge is 2.31. The smallest absolute Gasteiger partial charge is 0.387 e. The first-order valence-corrected chi connectivity index (χ1v) is 15.7. The predicted octanol–water partition coefficient (Wildman–Crippen LogP) is 7.32. The van der Waals surface area contributed by atoms with Crippen molar-refractivity contribution in [1.82, 2.24) is 4.31 Å². The molecule has 0 spiro atoms. The molecular weight excluding hydrogens is 538 g/mol. The molecule has 2 aromatic carbocycles. The summed E-state index contributed by atoms with van der Waals surface area (Å²) < 4.78 is 54.4. The van der Waals surface area contributed by atoms with E-state index in [0.29, 0.717) is 12.8 Å². The molecule has 3 rings (SSSR count). The molecule has 224 valence electrons. The van der Waals surface area contributed by atoms with Crippen LogP contribution in [0.15, 0.2) is 53.4 Å². The normalized spacial score (nSPS) is 14.4. The number of unbranched alkanes of at least 4 members (excludes halogenated alkanes) is 7. The average molecular weight is 583 g/mol. The van der Waals surface area contributed by atoms with E-state index in [9.17, 15) is 22.0 Å². The number of sulfonamides is 1. The van der Waals surface area contributed by atoms with Crippen molar-refractivity contribution >= 4 is 21.7 Å². The van der Waals surface area contributed by atoms with Crippen LogP contribution in [0.25, 0.3) is 0 Å². The lowest BCUT2D eigenvalue weighted by atomic mass is 9.99. The zero-order valence-corrected chi connectivity index (χ0v) is 24.5. The molecule has 0 amide bonds. The Morgan fingerprint density at radius 2 is 1.50 bits per heavy atom. The molecule has 0 saturated carbocycles. The number of aliphatic carboxylic acids is 1. The van der Waals surface area contributed by atoms with Crippen LogP contribution in [0.3, 0.4) is 0 Å². The van der Waals surface area contributed by atoms with Crippen LogP contribution >= 0.6 is 0 Å². The third-order valence-corrected chi connectivity index (χ3v) is 8.81. The Morgan fingerprint density at radius 1 is 0.950 bits per heavy atom. The Bertz CT molecular complexity index is 1090. The van der Waals surface area contributed by atoms with Gasteiger partial charge in [0.2, 0.25) is 10.0 Å². The molecular formula is C30H44F2N2O5S. The van der Waals surface area contributed by atoms with Gasteiger partial charge in [-0.25, -0.2) is 8.42 Å². The molecule has 0 aromatic heterocycles. The molecule has 2 N–H and O–H groups in total. The number of ether oxygens (including phenoxy) is 1. The maximum Gasteiger partial charge on any atom is 0.387 e. The number of nitrogens with one attached hydrogen (secondary N) is 1. The number of alkyl halides is 2. The Balaban J connectivity index is 0.000000281. The summed E-state index contributed by atoms with van der Waals surface area (Å²) in [5, 5.41) is 12.2. The van der Waals surface area contributed by atoms with Crippen LogP contribution in [-0.4, -0.2) is 50.0 Å². The van der Waals surface area contributed by atoms with Crippen LogP contribution in [-0.2, 0) is 14.8 Å². The predicted molar refractivity (Wildman–Crippen MR) is 154 cm³/mol. The largest absolute Gasteiger partial charge is 0.481 e. The van der Waals surface area contributed by atoms with Gasteiger partial charge >= 0.3 is 12.6 Å². The lowest BCUT2D eigenvalue weighted by Crippen LogP contribution is -2.40. The molecule has 1 aliphatic heterocycles. The number of benzene rings is 2. The molecule has 7 nitrogen and oxygen atoms in total. The average Bonchev–Trinajstić information content (AvgIpc) is 2.93. The van der Waals surface area contributed by atoms with Crippen molar-refractivity contribution < 1.29 is 31.8 Å². The van der Waals surface area contributed by atoms with E-state index in [4.69, 9.17) is 5.11 Å². The van der Waals surface area contributed by atoms with Crippen molar-refractivity contribution in [3.05, 3.63) is 54.1 Å². The fourth-order valence-corrected chi connectivity index (χ4v) is 5.92. The van der Waals surface area contributed by atoms with Gasteiger partial charge in [0.25, 0.3) is 0 Å². The zero-order chi connectivity index (χ0) is 29.4. The van der Waals surface area contributed by atoms with Crippen molar-refractivity contribution in [3.8, 4) is 5.75 Å². The molecule has 0 unspecified atom stereocenters. The monoisotopic (exact) mass is 582 g/mol. The summed E-state index contributed by atoms with van der Waals surface area (Å²) in [6.07, 6.45) is 11.1. The molecule has 40 heavy (non-hydrogen) atoms. The molecule has 1 heterocycles. The van der Waals surface area contributed by atoms with E-state index in [0.717, 1.165) is 24.2 Å². The van der Waals surface area contributed by atoms with Gasteiger partial charge in [-0.05, 0) is 62.6 Å². The minimum absolute atomic E-state index is 0.197. The highest BCUT2D eigenvalue weighted by atomic mass is 32.2. The van der Waals surface area contributed by atoms with Gasteiger partial charge < -0.3 is 15.2 Å². The summed E-state index contributed by atoms with van der Waals surface area (Å²) in [5.41, 5.74) is 1.95. The standard InChI is InChI=1S/C17H27F2NO.C13H17NO4S/c1-2-3-4-5-6-7-8-9-14-20-15-10-12-16(13-11-15)21-17(18)19;1-10-2-4-12(5-3-10)19(17,18)14-8-6-11(7-9-14)13(15)16/h10-13,17,20H,2-9,14H2,1H3;2-5,11H,6-9H2,1H3,(H,15,16). The first-order chi connectivity index (χ1) is 19.1. The van der Waals surface area contributed by atoms with Crippen molar-refractivity contribution in [2.45, 2.75) is 89.6 Å². The number of halogens is 2. The van der Waals surface area contributed by atoms with Gasteiger partial charge in [0.05, 0.1) is 10.8 Å². The number of aryl methyl sites for hydroxylation is 1. The molecule has 1 fully saturated rings. The third-order valence-electron chi connectivity index (χ3n) is 6.90. The third kappa shape index (κ3) is 12.2. The minimum atomic E-state index is -3.49. The summed E-state index contributed by atoms with van der Waals surface area (Å²) in [4.78, 5) is 11.1. The van der Waals surface area contributed by atoms with Crippen molar-refractivity contribution in [1.29, 1.82) is 0 Å². The van der Waals surface area contributed by atoms with Crippen molar-refractivity contribution in [3.63, 3.8) is 0 Å². The number of carbonyl (C=O) groups is 1. The summed E-state index contributed by atoms with van der Waals surface area (Å²) >= 11 is 0. The molecule has 0 bridgehead atoms. The van der Waals surface area contributed by atoms with E-state index in [1.165, 1.54) is 49.3 Å². The highest BCUT2D eigenvalue weighted by molar-refractivity contribution is 7.89. The number of rotatable bonds is 15. The second-order valence-electron chi connectivity index (χ2n) is 10.1. The van der Waals surface area contributed by atoms with Gasteiger partial charge in [0.15, 0.2) is 0 Å². The molecule has 1 saturated heterocycles. The molecule has 10 heteroatoms. The van der Waals surface area contributed by atoms with E-state index in [2.05, 4.69) is 17.0 Å². The molecule has 0 aliphatic carbocycles. The van der Waals surface area contributed by atoms with Crippen LogP contribution in [0.1, 0.15) is 76.7 Å². The Labute approximate surface area is 238 Å². The minimum Gasteiger partial charge on any atom is -0.481 e. The van der Waals surface area contributed by atoms with E-state index < -0.39 is 28.5 Å².